The number of carbonyl (C=O) groups is 2. The molecule has 0 aromatic heterocycles. The van der Waals surface area contributed by atoms with E-state index >= 15 is 0 Å². The predicted molar refractivity (Wildman–Crippen MR) is 117 cm³/mol. The summed E-state index contributed by atoms with van der Waals surface area (Å²) < 4.78 is 38.0. The number of sulfonamides is 1. The molecule has 0 aliphatic carbocycles. The van der Waals surface area contributed by atoms with Crippen molar-refractivity contribution in [3.05, 3.63) is 71.5 Å². The van der Waals surface area contributed by atoms with Crippen molar-refractivity contribution in [3.8, 4) is 0 Å². The Morgan fingerprint density at radius 3 is 2.23 bits per heavy atom. The largest absolute Gasteiger partial charge is 0.354 e. The van der Waals surface area contributed by atoms with Crippen LogP contribution >= 0.6 is 0 Å². The highest BCUT2D eigenvalue weighted by molar-refractivity contribution is 7.88. The van der Waals surface area contributed by atoms with Gasteiger partial charge in [-0.25, -0.2) is 12.8 Å². The second-order valence-electron chi connectivity index (χ2n) is 7.27. The molecule has 1 unspecified atom stereocenters. The highest BCUT2D eigenvalue weighted by Crippen LogP contribution is 2.24. The van der Waals surface area contributed by atoms with Crippen molar-refractivity contribution in [2.45, 2.75) is 25.9 Å². The lowest BCUT2D eigenvalue weighted by Crippen LogP contribution is -2.47. The lowest BCUT2D eigenvalue weighted by Gasteiger charge is -2.32. The molecule has 0 radical (unpaired) electrons. The first-order chi connectivity index (χ1) is 14.6. The van der Waals surface area contributed by atoms with Gasteiger partial charge >= 0.3 is 0 Å². The van der Waals surface area contributed by atoms with E-state index in [0.717, 1.165) is 17.0 Å². The molecule has 0 saturated heterocycles. The van der Waals surface area contributed by atoms with Gasteiger partial charge in [0.2, 0.25) is 21.8 Å². The van der Waals surface area contributed by atoms with Crippen LogP contribution in [0.2, 0.25) is 0 Å². The minimum absolute atomic E-state index is 0.00974. The highest BCUT2D eigenvalue weighted by Gasteiger charge is 2.32. The van der Waals surface area contributed by atoms with Gasteiger partial charge in [-0.15, -0.1) is 0 Å². The van der Waals surface area contributed by atoms with Crippen LogP contribution in [-0.4, -0.2) is 55.8 Å². The Kier molecular flexibility index (Phi) is 8.70. The molecular formula is C22H28FN3O4S. The number of nitrogens with one attached hydrogen (secondary N) is 1. The van der Waals surface area contributed by atoms with Gasteiger partial charge in [-0.1, -0.05) is 49.4 Å². The Bertz CT molecular complexity index is 982. The topological polar surface area (TPSA) is 86.8 Å². The zero-order chi connectivity index (χ0) is 23.0. The summed E-state index contributed by atoms with van der Waals surface area (Å²) in [7, 11) is -2.30. The van der Waals surface area contributed by atoms with Crippen molar-refractivity contribution in [3.63, 3.8) is 0 Å². The van der Waals surface area contributed by atoms with Gasteiger partial charge in [0.05, 0.1) is 12.8 Å². The Balaban J connectivity index is 2.47. The number of halogens is 1. The number of carbonyl (C=O) groups excluding carboxylic acids is 2. The fraction of sp³-hybridized carbons (Fsp3) is 0.364. The summed E-state index contributed by atoms with van der Waals surface area (Å²) in [4.78, 5) is 27.6. The fourth-order valence-electron chi connectivity index (χ4n) is 2.96. The van der Waals surface area contributed by atoms with Crippen molar-refractivity contribution in [1.29, 1.82) is 0 Å². The standard InChI is InChI=1S/C22H28FN3O4S/c1-4-14-24-22(28)21(18-8-6-5-7-9-18)26(15-17-10-12-19(23)13-11-17)20(27)16-25(2)31(3,29)30/h5-13,21H,4,14-16H2,1-3H3,(H,24,28). The van der Waals surface area contributed by atoms with E-state index in [1.54, 1.807) is 30.3 Å². The molecule has 2 rings (SSSR count). The highest BCUT2D eigenvalue weighted by atomic mass is 32.2. The molecule has 0 spiro atoms. The maximum atomic E-state index is 13.4. The summed E-state index contributed by atoms with van der Waals surface area (Å²) in [5.74, 6) is -1.33. The minimum atomic E-state index is -3.60. The average Bonchev–Trinajstić information content (AvgIpc) is 2.73. The van der Waals surface area contributed by atoms with Crippen LogP contribution in [0.4, 0.5) is 4.39 Å². The van der Waals surface area contributed by atoms with Crippen LogP contribution in [-0.2, 0) is 26.2 Å². The number of nitrogens with zero attached hydrogens (tertiary/aromatic N) is 2. The molecule has 7 nitrogen and oxygen atoms in total. The molecule has 2 aromatic rings. The summed E-state index contributed by atoms with van der Waals surface area (Å²) in [6.07, 6.45) is 1.73. The Labute approximate surface area is 182 Å². The first-order valence-corrected chi connectivity index (χ1v) is 11.8. The number of amides is 2. The first-order valence-electron chi connectivity index (χ1n) is 9.91. The van der Waals surface area contributed by atoms with Crippen LogP contribution in [0.5, 0.6) is 0 Å². The fourth-order valence-corrected chi connectivity index (χ4v) is 3.31. The Morgan fingerprint density at radius 1 is 1.06 bits per heavy atom. The summed E-state index contributed by atoms with van der Waals surface area (Å²) >= 11 is 0. The van der Waals surface area contributed by atoms with Crippen molar-refractivity contribution in [2.24, 2.45) is 0 Å². The van der Waals surface area contributed by atoms with Crippen LogP contribution in [0, 0.1) is 5.82 Å². The van der Waals surface area contributed by atoms with Crippen molar-refractivity contribution in [2.75, 3.05) is 26.4 Å². The number of benzene rings is 2. The van der Waals surface area contributed by atoms with Crippen molar-refractivity contribution in [1.82, 2.24) is 14.5 Å². The van der Waals surface area contributed by atoms with Crippen LogP contribution < -0.4 is 5.32 Å². The Hall–Kier alpha value is -2.78. The molecule has 0 aliphatic rings. The van der Waals surface area contributed by atoms with Gasteiger partial charge in [0, 0.05) is 20.1 Å². The predicted octanol–water partition coefficient (Wildman–Crippen LogP) is 2.31. The van der Waals surface area contributed by atoms with E-state index in [1.807, 2.05) is 6.92 Å². The smallest absolute Gasteiger partial charge is 0.247 e. The molecule has 9 heteroatoms. The molecule has 2 amide bonds. The summed E-state index contributed by atoms with van der Waals surface area (Å²) in [6.45, 7) is 1.94. The van der Waals surface area contributed by atoms with Gasteiger partial charge in [0.25, 0.3) is 0 Å². The number of likely N-dealkylation sites (N-methyl/N-ethyl adjacent to an activating group) is 1. The second-order valence-corrected chi connectivity index (χ2v) is 9.36. The molecule has 0 heterocycles. The number of hydrogen-bond acceptors (Lipinski definition) is 4. The molecule has 1 N–H and O–H groups in total. The molecular weight excluding hydrogens is 421 g/mol. The van der Waals surface area contributed by atoms with Crippen molar-refractivity contribution >= 4 is 21.8 Å². The molecule has 0 saturated carbocycles. The van der Waals surface area contributed by atoms with E-state index in [4.69, 9.17) is 0 Å². The summed E-state index contributed by atoms with van der Waals surface area (Å²) in [5, 5.41) is 2.82. The van der Waals surface area contributed by atoms with E-state index in [1.165, 1.54) is 36.2 Å². The van der Waals surface area contributed by atoms with Gasteiger partial charge in [-0.3, -0.25) is 9.59 Å². The SMILES string of the molecule is CCCNC(=O)C(c1ccccc1)N(Cc1ccc(F)cc1)C(=O)CN(C)S(C)(=O)=O. The van der Waals surface area contributed by atoms with Gasteiger partial charge in [-0.05, 0) is 29.7 Å². The van der Waals surface area contributed by atoms with Crippen LogP contribution in [0.15, 0.2) is 54.6 Å². The molecule has 168 valence electrons. The third kappa shape index (κ3) is 7.15. The quantitative estimate of drug-likeness (QED) is 0.603. The van der Waals surface area contributed by atoms with Crippen LogP contribution in [0.3, 0.4) is 0 Å². The first kappa shape index (κ1) is 24.5. The summed E-state index contributed by atoms with van der Waals surface area (Å²) in [5.41, 5.74) is 1.20. The zero-order valence-electron chi connectivity index (χ0n) is 17.9. The van der Waals surface area contributed by atoms with E-state index in [2.05, 4.69) is 5.32 Å². The van der Waals surface area contributed by atoms with Crippen LogP contribution in [0.25, 0.3) is 0 Å². The molecule has 0 aliphatic heterocycles. The van der Waals surface area contributed by atoms with Gasteiger partial charge in [0.15, 0.2) is 0 Å². The van der Waals surface area contributed by atoms with E-state index in [9.17, 15) is 22.4 Å². The molecule has 0 bridgehead atoms. The van der Waals surface area contributed by atoms with Crippen LogP contribution in [0.1, 0.15) is 30.5 Å². The average molecular weight is 450 g/mol. The number of hydrogen-bond donors (Lipinski definition) is 1. The molecule has 2 aromatic carbocycles. The van der Waals surface area contributed by atoms with E-state index in [0.29, 0.717) is 17.7 Å². The van der Waals surface area contributed by atoms with Gasteiger partial charge < -0.3 is 10.2 Å². The van der Waals surface area contributed by atoms with E-state index < -0.39 is 34.3 Å². The monoisotopic (exact) mass is 449 g/mol. The molecule has 1 atom stereocenters. The molecule has 31 heavy (non-hydrogen) atoms. The number of rotatable bonds is 10. The lowest BCUT2D eigenvalue weighted by molar-refractivity contribution is -0.141. The van der Waals surface area contributed by atoms with E-state index in [-0.39, 0.29) is 12.5 Å². The van der Waals surface area contributed by atoms with Crippen molar-refractivity contribution < 1.29 is 22.4 Å². The Morgan fingerprint density at radius 2 is 1.68 bits per heavy atom. The van der Waals surface area contributed by atoms with Gasteiger partial charge in [-0.2, -0.15) is 4.31 Å². The third-order valence-electron chi connectivity index (χ3n) is 4.74. The van der Waals surface area contributed by atoms with Gasteiger partial charge in [0.1, 0.15) is 11.9 Å². The zero-order valence-corrected chi connectivity index (χ0v) is 18.7. The summed E-state index contributed by atoms with van der Waals surface area (Å²) in [6, 6.07) is 13.4. The third-order valence-corrected chi connectivity index (χ3v) is 6.00. The lowest BCUT2D eigenvalue weighted by atomic mass is 10.0. The maximum Gasteiger partial charge on any atom is 0.247 e. The maximum absolute atomic E-state index is 13.4. The second kappa shape index (κ2) is 11.0. The molecule has 0 fully saturated rings. The minimum Gasteiger partial charge on any atom is -0.354 e. The normalized spacial score (nSPS) is 12.4.